The van der Waals surface area contributed by atoms with E-state index < -0.39 is 0 Å². The van der Waals surface area contributed by atoms with Gasteiger partial charge in [0.15, 0.2) is 0 Å². The fourth-order valence-electron chi connectivity index (χ4n) is 2.09. The van der Waals surface area contributed by atoms with Gasteiger partial charge in [0.05, 0.1) is 6.04 Å². The molecule has 0 aromatic carbocycles. The number of hydrogen-bond acceptors (Lipinski definition) is 5. The third-order valence-electron chi connectivity index (χ3n) is 3.39. The molecular formula is C12H22N4O. The van der Waals surface area contributed by atoms with Gasteiger partial charge < -0.3 is 14.6 Å². The van der Waals surface area contributed by atoms with E-state index in [0.717, 1.165) is 19.0 Å². The lowest BCUT2D eigenvalue weighted by Gasteiger charge is -2.29. The molecule has 0 aliphatic heterocycles. The zero-order valence-corrected chi connectivity index (χ0v) is 10.9. The second kappa shape index (κ2) is 5.49. The van der Waals surface area contributed by atoms with Crippen molar-refractivity contribution in [2.24, 2.45) is 5.92 Å². The SMILES string of the molecule is CCNC(C)c1nnc(N(C)CC2CCC2)o1. The molecule has 1 fully saturated rings. The minimum Gasteiger partial charge on any atom is -0.406 e. The molecule has 1 saturated carbocycles. The lowest BCUT2D eigenvalue weighted by atomic mass is 9.85. The van der Waals surface area contributed by atoms with Gasteiger partial charge in [-0.25, -0.2) is 0 Å². The highest BCUT2D eigenvalue weighted by Crippen LogP contribution is 2.28. The van der Waals surface area contributed by atoms with Crippen LogP contribution in [0.2, 0.25) is 0 Å². The Morgan fingerprint density at radius 1 is 1.47 bits per heavy atom. The van der Waals surface area contributed by atoms with Crippen LogP contribution in [0.4, 0.5) is 6.01 Å². The molecule has 0 amide bonds. The summed E-state index contributed by atoms with van der Waals surface area (Å²) in [5.41, 5.74) is 0. The molecule has 1 N–H and O–H groups in total. The Bertz CT molecular complexity index is 348. The van der Waals surface area contributed by atoms with E-state index in [1.807, 2.05) is 14.0 Å². The Balaban J connectivity index is 1.91. The first kappa shape index (κ1) is 12.4. The second-order valence-corrected chi connectivity index (χ2v) is 4.88. The molecule has 1 aromatic heterocycles. The van der Waals surface area contributed by atoms with Crippen LogP contribution in [0.1, 0.15) is 45.0 Å². The maximum Gasteiger partial charge on any atom is 0.317 e. The van der Waals surface area contributed by atoms with Gasteiger partial charge in [0, 0.05) is 13.6 Å². The van der Waals surface area contributed by atoms with Gasteiger partial charge in [-0.1, -0.05) is 18.4 Å². The number of nitrogens with one attached hydrogen (secondary N) is 1. The first-order chi connectivity index (χ1) is 8.20. The topological polar surface area (TPSA) is 54.2 Å². The first-order valence-corrected chi connectivity index (χ1v) is 6.48. The summed E-state index contributed by atoms with van der Waals surface area (Å²) in [7, 11) is 2.02. The van der Waals surface area contributed by atoms with Gasteiger partial charge in [-0.2, -0.15) is 0 Å². The van der Waals surface area contributed by atoms with Crippen LogP contribution in [0, 0.1) is 5.92 Å². The van der Waals surface area contributed by atoms with Gasteiger partial charge >= 0.3 is 6.01 Å². The van der Waals surface area contributed by atoms with Gasteiger partial charge in [0.25, 0.3) is 0 Å². The average Bonchev–Trinajstić information content (AvgIpc) is 2.72. The zero-order chi connectivity index (χ0) is 12.3. The van der Waals surface area contributed by atoms with E-state index in [4.69, 9.17) is 4.42 Å². The lowest BCUT2D eigenvalue weighted by molar-refractivity contribution is 0.315. The Morgan fingerprint density at radius 2 is 2.24 bits per heavy atom. The van der Waals surface area contributed by atoms with Crippen LogP contribution >= 0.6 is 0 Å². The van der Waals surface area contributed by atoms with Crippen LogP contribution in [0.15, 0.2) is 4.42 Å². The van der Waals surface area contributed by atoms with Crippen molar-refractivity contribution in [3.63, 3.8) is 0 Å². The maximum atomic E-state index is 5.67. The molecule has 0 bridgehead atoms. The third-order valence-corrected chi connectivity index (χ3v) is 3.39. The Labute approximate surface area is 103 Å². The summed E-state index contributed by atoms with van der Waals surface area (Å²) in [6.45, 7) is 6.03. The van der Waals surface area contributed by atoms with Gasteiger partial charge in [0.1, 0.15) is 0 Å². The molecule has 2 rings (SSSR count). The number of anilines is 1. The lowest BCUT2D eigenvalue weighted by Crippen LogP contribution is -2.29. The molecule has 1 aromatic rings. The molecule has 1 aliphatic carbocycles. The Morgan fingerprint density at radius 3 is 2.82 bits per heavy atom. The van der Waals surface area contributed by atoms with E-state index in [9.17, 15) is 0 Å². The van der Waals surface area contributed by atoms with Crippen molar-refractivity contribution in [2.75, 3.05) is 25.0 Å². The van der Waals surface area contributed by atoms with Crippen molar-refractivity contribution < 1.29 is 4.42 Å². The van der Waals surface area contributed by atoms with Crippen molar-refractivity contribution in [1.29, 1.82) is 0 Å². The van der Waals surface area contributed by atoms with E-state index in [-0.39, 0.29) is 6.04 Å². The largest absolute Gasteiger partial charge is 0.406 e. The van der Waals surface area contributed by atoms with Crippen LogP contribution in [0.5, 0.6) is 0 Å². The smallest absolute Gasteiger partial charge is 0.317 e. The van der Waals surface area contributed by atoms with Crippen molar-refractivity contribution in [3.05, 3.63) is 5.89 Å². The summed E-state index contributed by atoms with van der Waals surface area (Å²) in [6.07, 6.45) is 4.03. The van der Waals surface area contributed by atoms with E-state index in [2.05, 4.69) is 27.3 Å². The van der Waals surface area contributed by atoms with Gasteiger partial charge in [-0.15, -0.1) is 5.10 Å². The highest BCUT2D eigenvalue weighted by atomic mass is 16.4. The van der Waals surface area contributed by atoms with E-state index in [1.54, 1.807) is 0 Å². The molecule has 1 unspecified atom stereocenters. The minimum atomic E-state index is 0.123. The summed E-state index contributed by atoms with van der Waals surface area (Å²) >= 11 is 0. The zero-order valence-electron chi connectivity index (χ0n) is 10.9. The van der Waals surface area contributed by atoms with Gasteiger partial charge in [0.2, 0.25) is 5.89 Å². The van der Waals surface area contributed by atoms with Crippen LogP contribution in [-0.2, 0) is 0 Å². The summed E-state index contributed by atoms with van der Waals surface area (Å²) in [5.74, 6) is 1.48. The summed E-state index contributed by atoms with van der Waals surface area (Å²) in [4.78, 5) is 2.07. The fraction of sp³-hybridized carbons (Fsp3) is 0.833. The molecule has 1 heterocycles. The van der Waals surface area contributed by atoms with Crippen LogP contribution in [0.3, 0.4) is 0 Å². The van der Waals surface area contributed by atoms with E-state index in [1.165, 1.54) is 19.3 Å². The summed E-state index contributed by atoms with van der Waals surface area (Å²) < 4.78 is 5.67. The molecule has 0 radical (unpaired) electrons. The average molecular weight is 238 g/mol. The Hall–Kier alpha value is -1.10. The fourth-order valence-corrected chi connectivity index (χ4v) is 2.09. The first-order valence-electron chi connectivity index (χ1n) is 6.48. The monoisotopic (exact) mass is 238 g/mol. The molecule has 5 nitrogen and oxygen atoms in total. The molecule has 0 spiro atoms. The Kier molecular flexibility index (Phi) is 3.99. The molecule has 1 atom stereocenters. The molecule has 0 saturated heterocycles. The normalized spacial score (nSPS) is 17.8. The van der Waals surface area contributed by atoms with Crippen molar-refractivity contribution in [2.45, 2.75) is 39.2 Å². The van der Waals surface area contributed by atoms with Gasteiger partial charge in [-0.3, -0.25) is 0 Å². The van der Waals surface area contributed by atoms with Crippen LogP contribution < -0.4 is 10.2 Å². The maximum absolute atomic E-state index is 5.67. The highest BCUT2D eigenvalue weighted by Gasteiger charge is 2.22. The second-order valence-electron chi connectivity index (χ2n) is 4.88. The third kappa shape index (κ3) is 2.97. The number of hydrogen-bond donors (Lipinski definition) is 1. The van der Waals surface area contributed by atoms with Crippen molar-refractivity contribution in [3.8, 4) is 0 Å². The standard InChI is InChI=1S/C12H22N4O/c1-4-13-9(2)11-14-15-12(17-11)16(3)8-10-6-5-7-10/h9-10,13H,4-8H2,1-3H3. The summed E-state index contributed by atoms with van der Waals surface area (Å²) in [6, 6.07) is 0.759. The van der Waals surface area contributed by atoms with Crippen LogP contribution in [-0.4, -0.2) is 30.3 Å². The predicted molar refractivity (Wildman–Crippen MR) is 67.0 cm³/mol. The number of rotatable bonds is 6. The minimum absolute atomic E-state index is 0.123. The summed E-state index contributed by atoms with van der Waals surface area (Å²) in [5, 5.41) is 11.4. The van der Waals surface area contributed by atoms with Crippen LogP contribution in [0.25, 0.3) is 0 Å². The molecule has 17 heavy (non-hydrogen) atoms. The van der Waals surface area contributed by atoms with E-state index in [0.29, 0.717) is 11.9 Å². The predicted octanol–water partition coefficient (Wildman–Crippen LogP) is 1.98. The quantitative estimate of drug-likeness (QED) is 0.821. The molecule has 96 valence electrons. The number of nitrogens with zero attached hydrogens (tertiary/aromatic N) is 3. The molecule has 5 heteroatoms. The van der Waals surface area contributed by atoms with Crippen molar-refractivity contribution >= 4 is 6.01 Å². The van der Waals surface area contributed by atoms with Gasteiger partial charge in [-0.05, 0) is 32.2 Å². The molecule has 1 aliphatic rings. The molecular weight excluding hydrogens is 216 g/mol. The number of aromatic nitrogens is 2. The highest BCUT2D eigenvalue weighted by molar-refractivity contribution is 5.22. The van der Waals surface area contributed by atoms with E-state index >= 15 is 0 Å². The van der Waals surface area contributed by atoms with Crippen molar-refractivity contribution in [1.82, 2.24) is 15.5 Å².